The van der Waals surface area contributed by atoms with E-state index in [1.54, 1.807) is 12.1 Å². The fourth-order valence-electron chi connectivity index (χ4n) is 1.61. The van der Waals surface area contributed by atoms with E-state index in [0.29, 0.717) is 18.7 Å². The summed E-state index contributed by atoms with van der Waals surface area (Å²) in [5.41, 5.74) is 0.711. The van der Waals surface area contributed by atoms with Crippen LogP contribution in [0.4, 0.5) is 9.18 Å². The fourth-order valence-corrected chi connectivity index (χ4v) is 1.61. The summed E-state index contributed by atoms with van der Waals surface area (Å²) in [6.45, 7) is 1.42. The zero-order chi connectivity index (χ0) is 11.5. The molecule has 0 saturated carbocycles. The number of hydrogen-bond donors (Lipinski definition) is 1. The third-order valence-electron chi connectivity index (χ3n) is 2.49. The molecule has 1 aliphatic heterocycles. The number of amides is 2. The van der Waals surface area contributed by atoms with Crippen LogP contribution in [0.15, 0.2) is 18.2 Å². The summed E-state index contributed by atoms with van der Waals surface area (Å²) in [5, 5.41) is 11.2. The third-order valence-corrected chi connectivity index (χ3v) is 2.49. The Morgan fingerprint density at radius 1 is 1.56 bits per heavy atom. The highest BCUT2D eigenvalue weighted by Crippen LogP contribution is 2.13. The van der Waals surface area contributed by atoms with Crippen molar-refractivity contribution in [1.82, 2.24) is 10.2 Å². The van der Waals surface area contributed by atoms with Gasteiger partial charge in [0.1, 0.15) is 5.82 Å². The molecular formula is C11H10FN3O. The number of nitriles is 1. The van der Waals surface area contributed by atoms with Crippen LogP contribution in [-0.2, 0) is 6.54 Å². The molecule has 0 atom stereocenters. The number of hydrogen-bond acceptors (Lipinski definition) is 2. The number of benzene rings is 1. The van der Waals surface area contributed by atoms with Crippen LogP contribution in [-0.4, -0.2) is 24.0 Å². The Kier molecular flexibility index (Phi) is 2.73. The van der Waals surface area contributed by atoms with E-state index >= 15 is 0 Å². The highest BCUT2D eigenvalue weighted by Gasteiger charge is 2.20. The molecule has 1 aromatic carbocycles. The Bertz CT molecular complexity index is 467. The van der Waals surface area contributed by atoms with E-state index < -0.39 is 5.82 Å². The lowest BCUT2D eigenvalue weighted by Crippen LogP contribution is -2.27. The van der Waals surface area contributed by atoms with Crippen molar-refractivity contribution in [2.45, 2.75) is 6.54 Å². The fraction of sp³-hybridized carbons (Fsp3) is 0.273. The highest BCUT2D eigenvalue weighted by molar-refractivity contribution is 5.76. The van der Waals surface area contributed by atoms with Gasteiger partial charge in [0.05, 0.1) is 18.2 Å². The minimum atomic E-state index is -0.446. The molecule has 2 amide bonds. The van der Waals surface area contributed by atoms with Crippen LogP contribution in [0.1, 0.15) is 11.1 Å². The van der Waals surface area contributed by atoms with Crippen LogP contribution in [0.2, 0.25) is 0 Å². The molecule has 1 heterocycles. The first kappa shape index (κ1) is 10.4. The Morgan fingerprint density at radius 3 is 2.94 bits per heavy atom. The van der Waals surface area contributed by atoms with Crippen molar-refractivity contribution in [3.63, 3.8) is 0 Å². The van der Waals surface area contributed by atoms with Crippen molar-refractivity contribution < 1.29 is 9.18 Å². The first-order chi connectivity index (χ1) is 7.70. The first-order valence-corrected chi connectivity index (χ1v) is 4.92. The molecule has 0 aliphatic carbocycles. The molecule has 1 saturated heterocycles. The summed E-state index contributed by atoms with van der Waals surface area (Å²) in [5.74, 6) is -0.446. The largest absolute Gasteiger partial charge is 0.336 e. The Labute approximate surface area is 92.3 Å². The van der Waals surface area contributed by atoms with Crippen LogP contribution in [0.3, 0.4) is 0 Å². The van der Waals surface area contributed by atoms with Crippen molar-refractivity contribution in [3.05, 3.63) is 35.1 Å². The lowest BCUT2D eigenvalue weighted by Gasteiger charge is -2.14. The molecule has 4 nitrogen and oxygen atoms in total. The van der Waals surface area contributed by atoms with Crippen LogP contribution in [0, 0.1) is 17.1 Å². The zero-order valence-corrected chi connectivity index (χ0v) is 8.53. The quantitative estimate of drug-likeness (QED) is 0.813. The van der Waals surface area contributed by atoms with Crippen molar-refractivity contribution in [1.29, 1.82) is 5.26 Å². The average Bonchev–Trinajstić information content (AvgIpc) is 2.67. The smallest absolute Gasteiger partial charge is 0.317 e. The van der Waals surface area contributed by atoms with Crippen molar-refractivity contribution >= 4 is 6.03 Å². The van der Waals surface area contributed by atoms with Gasteiger partial charge in [0, 0.05) is 18.7 Å². The van der Waals surface area contributed by atoms with E-state index in [1.165, 1.54) is 11.0 Å². The number of nitrogens with one attached hydrogen (secondary N) is 1. The van der Waals surface area contributed by atoms with E-state index in [0.717, 1.165) is 0 Å². The third kappa shape index (κ3) is 1.96. The number of halogens is 1. The summed E-state index contributed by atoms with van der Waals surface area (Å²) in [6, 6.07) is 5.96. The number of rotatable bonds is 2. The van der Waals surface area contributed by atoms with E-state index in [-0.39, 0.29) is 18.1 Å². The molecule has 1 aliphatic rings. The Balaban J connectivity index is 2.16. The lowest BCUT2D eigenvalue weighted by atomic mass is 10.1. The second kappa shape index (κ2) is 4.19. The molecule has 1 aromatic rings. The van der Waals surface area contributed by atoms with E-state index in [9.17, 15) is 9.18 Å². The number of carbonyl (C=O) groups excluding carboxylic acids is 1. The van der Waals surface area contributed by atoms with Gasteiger partial charge in [-0.25, -0.2) is 9.18 Å². The molecule has 5 heteroatoms. The van der Waals surface area contributed by atoms with E-state index in [2.05, 4.69) is 5.32 Å². The number of urea groups is 1. The molecule has 82 valence electrons. The molecule has 0 spiro atoms. The zero-order valence-electron chi connectivity index (χ0n) is 8.53. The molecule has 16 heavy (non-hydrogen) atoms. The van der Waals surface area contributed by atoms with Crippen molar-refractivity contribution in [3.8, 4) is 6.07 Å². The summed E-state index contributed by atoms with van der Waals surface area (Å²) >= 11 is 0. The van der Waals surface area contributed by atoms with Gasteiger partial charge >= 0.3 is 6.03 Å². The van der Waals surface area contributed by atoms with Gasteiger partial charge in [0.25, 0.3) is 0 Å². The SMILES string of the molecule is N#Cc1ccc(CN2CCNC2=O)c(F)c1. The maximum atomic E-state index is 13.5. The first-order valence-electron chi connectivity index (χ1n) is 4.92. The minimum Gasteiger partial charge on any atom is -0.336 e. The summed E-state index contributed by atoms with van der Waals surface area (Å²) in [7, 11) is 0. The lowest BCUT2D eigenvalue weighted by molar-refractivity contribution is 0.215. The molecule has 0 aromatic heterocycles. The summed E-state index contributed by atoms with van der Waals surface area (Å²) in [6.07, 6.45) is 0. The Morgan fingerprint density at radius 2 is 2.38 bits per heavy atom. The average molecular weight is 219 g/mol. The van der Waals surface area contributed by atoms with E-state index in [4.69, 9.17) is 5.26 Å². The predicted octanol–water partition coefficient (Wildman–Crippen LogP) is 1.22. The monoisotopic (exact) mass is 219 g/mol. The van der Waals surface area contributed by atoms with Gasteiger partial charge in [-0.2, -0.15) is 5.26 Å². The second-order valence-corrected chi connectivity index (χ2v) is 3.57. The molecule has 0 unspecified atom stereocenters. The molecule has 0 radical (unpaired) electrons. The van der Waals surface area contributed by atoms with Gasteiger partial charge in [-0.05, 0) is 12.1 Å². The minimum absolute atomic E-state index is 0.177. The van der Waals surface area contributed by atoms with Gasteiger partial charge < -0.3 is 10.2 Å². The van der Waals surface area contributed by atoms with Crippen molar-refractivity contribution in [2.24, 2.45) is 0 Å². The Hall–Kier alpha value is -2.09. The number of nitrogens with zero attached hydrogens (tertiary/aromatic N) is 2. The molecular weight excluding hydrogens is 209 g/mol. The molecule has 1 N–H and O–H groups in total. The summed E-state index contributed by atoms with van der Waals surface area (Å²) < 4.78 is 13.5. The molecule has 2 rings (SSSR count). The normalized spacial score (nSPS) is 14.8. The van der Waals surface area contributed by atoms with Crippen LogP contribution in [0.25, 0.3) is 0 Å². The van der Waals surface area contributed by atoms with Crippen LogP contribution in [0.5, 0.6) is 0 Å². The molecule has 1 fully saturated rings. The van der Waals surface area contributed by atoms with Crippen LogP contribution < -0.4 is 5.32 Å². The van der Waals surface area contributed by atoms with E-state index in [1.807, 2.05) is 6.07 Å². The molecule has 0 bridgehead atoms. The van der Waals surface area contributed by atoms with Gasteiger partial charge in [0.15, 0.2) is 0 Å². The number of carbonyl (C=O) groups is 1. The van der Waals surface area contributed by atoms with Gasteiger partial charge in [-0.15, -0.1) is 0 Å². The van der Waals surface area contributed by atoms with Crippen molar-refractivity contribution in [2.75, 3.05) is 13.1 Å². The standard InChI is InChI=1S/C11H10FN3O/c12-10-5-8(6-13)1-2-9(10)7-15-4-3-14-11(15)16/h1-2,5H,3-4,7H2,(H,14,16). The predicted molar refractivity (Wildman–Crippen MR) is 54.9 cm³/mol. The highest BCUT2D eigenvalue weighted by atomic mass is 19.1. The van der Waals surface area contributed by atoms with Gasteiger partial charge in [0.2, 0.25) is 0 Å². The topological polar surface area (TPSA) is 56.1 Å². The second-order valence-electron chi connectivity index (χ2n) is 3.57. The maximum absolute atomic E-state index is 13.5. The summed E-state index contributed by atoms with van der Waals surface area (Å²) in [4.78, 5) is 12.8. The van der Waals surface area contributed by atoms with Gasteiger partial charge in [-0.1, -0.05) is 6.07 Å². The van der Waals surface area contributed by atoms with Crippen LogP contribution >= 0.6 is 0 Å². The van der Waals surface area contributed by atoms with Gasteiger partial charge in [-0.3, -0.25) is 0 Å². The maximum Gasteiger partial charge on any atom is 0.317 e.